The van der Waals surface area contributed by atoms with Crippen LogP contribution in [0.25, 0.3) is 0 Å². The van der Waals surface area contributed by atoms with Crippen molar-refractivity contribution in [3.63, 3.8) is 0 Å². The van der Waals surface area contributed by atoms with Crippen LogP contribution >= 0.6 is 11.6 Å². The van der Waals surface area contributed by atoms with E-state index >= 15 is 0 Å². The average Bonchev–Trinajstić information content (AvgIpc) is 2.18. The van der Waals surface area contributed by atoms with Gasteiger partial charge in [0, 0.05) is 5.88 Å². The molecule has 0 saturated carbocycles. The zero-order valence-electron chi connectivity index (χ0n) is 7.92. The Balaban J connectivity index is 2.39. The Bertz CT molecular complexity index is 260. The van der Waals surface area contributed by atoms with Gasteiger partial charge in [0.1, 0.15) is 5.82 Å². The van der Waals surface area contributed by atoms with Gasteiger partial charge in [0.25, 0.3) is 0 Å². The van der Waals surface area contributed by atoms with Crippen molar-refractivity contribution in [1.29, 1.82) is 0 Å². The molecule has 1 aromatic carbocycles. The van der Waals surface area contributed by atoms with Gasteiger partial charge in [0.2, 0.25) is 0 Å². The number of hydrogen-bond acceptors (Lipinski definition) is 1. The van der Waals surface area contributed by atoms with E-state index in [0.717, 1.165) is 12.0 Å². The second kappa shape index (κ2) is 5.99. The molecule has 0 spiro atoms. The van der Waals surface area contributed by atoms with Crippen molar-refractivity contribution in [3.05, 3.63) is 35.6 Å². The molecule has 0 aromatic heterocycles. The fourth-order valence-electron chi connectivity index (χ4n) is 1.31. The fourth-order valence-corrected chi connectivity index (χ4v) is 1.46. The highest BCUT2D eigenvalue weighted by Crippen LogP contribution is 2.09. The van der Waals surface area contributed by atoms with Gasteiger partial charge in [-0.3, -0.25) is 0 Å². The van der Waals surface area contributed by atoms with Crippen LogP contribution in [-0.4, -0.2) is 17.1 Å². The first kappa shape index (κ1) is 11.5. The molecule has 1 unspecified atom stereocenters. The Labute approximate surface area is 88.5 Å². The van der Waals surface area contributed by atoms with Gasteiger partial charge in [-0.2, -0.15) is 0 Å². The van der Waals surface area contributed by atoms with Crippen LogP contribution in [0.3, 0.4) is 0 Å². The molecule has 0 bridgehead atoms. The third-order valence-electron chi connectivity index (χ3n) is 2.06. The van der Waals surface area contributed by atoms with E-state index in [1.165, 1.54) is 12.1 Å². The van der Waals surface area contributed by atoms with E-state index in [0.29, 0.717) is 18.7 Å². The van der Waals surface area contributed by atoms with E-state index in [2.05, 4.69) is 0 Å². The maximum absolute atomic E-state index is 12.5. The van der Waals surface area contributed by atoms with Gasteiger partial charge in [0.05, 0.1) is 6.10 Å². The number of benzene rings is 1. The third kappa shape index (κ3) is 4.07. The Hall–Kier alpha value is -0.600. The Kier molecular flexibility index (Phi) is 4.91. The standard InChI is InChI=1S/C11H14ClFO/c12-7-1-2-11(14)8-9-3-5-10(13)6-4-9/h3-6,11,14H,1-2,7-8H2. The molecule has 0 aliphatic carbocycles. The highest BCUT2D eigenvalue weighted by molar-refractivity contribution is 6.17. The lowest BCUT2D eigenvalue weighted by molar-refractivity contribution is 0.164. The fraction of sp³-hybridized carbons (Fsp3) is 0.455. The van der Waals surface area contributed by atoms with Crippen molar-refractivity contribution >= 4 is 11.6 Å². The molecule has 0 aliphatic rings. The van der Waals surface area contributed by atoms with Gasteiger partial charge < -0.3 is 5.11 Å². The summed E-state index contributed by atoms with van der Waals surface area (Å²) in [6.07, 6.45) is 1.70. The summed E-state index contributed by atoms with van der Waals surface area (Å²) in [6, 6.07) is 6.20. The van der Waals surface area contributed by atoms with Gasteiger partial charge in [-0.1, -0.05) is 12.1 Å². The van der Waals surface area contributed by atoms with Crippen molar-refractivity contribution in [2.24, 2.45) is 0 Å². The number of halogens is 2. The number of alkyl halides is 1. The second-order valence-electron chi connectivity index (χ2n) is 3.32. The minimum Gasteiger partial charge on any atom is -0.393 e. The lowest BCUT2D eigenvalue weighted by Crippen LogP contribution is -2.10. The number of rotatable bonds is 5. The largest absolute Gasteiger partial charge is 0.393 e. The summed E-state index contributed by atoms with van der Waals surface area (Å²) in [6.45, 7) is 0. The number of aliphatic hydroxyl groups is 1. The summed E-state index contributed by atoms with van der Waals surface area (Å²) in [5.41, 5.74) is 0.952. The van der Waals surface area contributed by atoms with Crippen LogP contribution in [0.4, 0.5) is 4.39 Å². The van der Waals surface area contributed by atoms with Crippen LogP contribution < -0.4 is 0 Å². The van der Waals surface area contributed by atoms with Gasteiger partial charge in [-0.15, -0.1) is 11.6 Å². The zero-order valence-corrected chi connectivity index (χ0v) is 8.67. The molecule has 1 rings (SSSR count). The van der Waals surface area contributed by atoms with Crippen LogP contribution in [0.1, 0.15) is 18.4 Å². The molecule has 14 heavy (non-hydrogen) atoms. The molecule has 0 saturated heterocycles. The lowest BCUT2D eigenvalue weighted by atomic mass is 10.0. The molecule has 1 nitrogen and oxygen atoms in total. The molecular weight excluding hydrogens is 203 g/mol. The summed E-state index contributed by atoms with van der Waals surface area (Å²) in [4.78, 5) is 0. The van der Waals surface area contributed by atoms with Crippen molar-refractivity contribution < 1.29 is 9.50 Å². The molecule has 78 valence electrons. The van der Waals surface area contributed by atoms with Gasteiger partial charge in [-0.25, -0.2) is 4.39 Å². The third-order valence-corrected chi connectivity index (χ3v) is 2.32. The minimum atomic E-state index is -0.376. The van der Waals surface area contributed by atoms with Crippen molar-refractivity contribution in [3.8, 4) is 0 Å². The Morgan fingerprint density at radius 1 is 1.29 bits per heavy atom. The SMILES string of the molecule is OC(CCCCl)Cc1ccc(F)cc1. The van der Waals surface area contributed by atoms with E-state index < -0.39 is 0 Å². The molecule has 0 heterocycles. The molecular formula is C11H14ClFO. The maximum atomic E-state index is 12.5. The van der Waals surface area contributed by atoms with Crippen LogP contribution in [0.5, 0.6) is 0 Å². The first-order valence-corrected chi connectivity index (χ1v) is 5.24. The smallest absolute Gasteiger partial charge is 0.123 e. The molecule has 1 aromatic rings. The van der Waals surface area contributed by atoms with Gasteiger partial charge in [-0.05, 0) is 37.0 Å². The Morgan fingerprint density at radius 3 is 2.50 bits per heavy atom. The number of hydrogen-bond donors (Lipinski definition) is 1. The van der Waals surface area contributed by atoms with Crippen LogP contribution in [-0.2, 0) is 6.42 Å². The average molecular weight is 217 g/mol. The molecule has 0 fully saturated rings. The molecule has 1 N–H and O–H groups in total. The topological polar surface area (TPSA) is 20.2 Å². The van der Waals surface area contributed by atoms with E-state index in [1.54, 1.807) is 12.1 Å². The predicted octanol–water partition coefficient (Wildman–Crippen LogP) is 2.75. The summed E-state index contributed by atoms with van der Waals surface area (Å²) in [7, 11) is 0. The maximum Gasteiger partial charge on any atom is 0.123 e. The van der Waals surface area contributed by atoms with Crippen molar-refractivity contribution in [2.75, 3.05) is 5.88 Å². The highest BCUT2D eigenvalue weighted by atomic mass is 35.5. The molecule has 1 atom stereocenters. The highest BCUT2D eigenvalue weighted by Gasteiger charge is 2.04. The predicted molar refractivity (Wildman–Crippen MR) is 56.1 cm³/mol. The summed E-state index contributed by atoms with van der Waals surface area (Å²) < 4.78 is 12.5. The minimum absolute atomic E-state index is 0.246. The summed E-state index contributed by atoms with van der Waals surface area (Å²) in [5.74, 6) is 0.324. The zero-order chi connectivity index (χ0) is 10.4. The first-order chi connectivity index (χ1) is 6.72. The first-order valence-electron chi connectivity index (χ1n) is 4.71. The normalized spacial score (nSPS) is 12.8. The van der Waals surface area contributed by atoms with E-state index in [1.807, 2.05) is 0 Å². The summed E-state index contributed by atoms with van der Waals surface area (Å²) >= 11 is 5.51. The van der Waals surface area contributed by atoms with E-state index in [9.17, 15) is 9.50 Å². The molecule has 0 aliphatic heterocycles. The van der Waals surface area contributed by atoms with E-state index in [4.69, 9.17) is 11.6 Å². The Morgan fingerprint density at radius 2 is 1.93 bits per heavy atom. The number of aliphatic hydroxyl groups excluding tert-OH is 1. The van der Waals surface area contributed by atoms with Crippen LogP contribution in [0, 0.1) is 5.82 Å². The van der Waals surface area contributed by atoms with Gasteiger partial charge >= 0.3 is 0 Å². The van der Waals surface area contributed by atoms with Crippen molar-refractivity contribution in [1.82, 2.24) is 0 Å². The molecule has 0 amide bonds. The van der Waals surface area contributed by atoms with Gasteiger partial charge in [0.15, 0.2) is 0 Å². The second-order valence-corrected chi connectivity index (χ2v) is 3.69. The lowest BCUT2D eigenvalue weighted by Gasteiger charge is -2.09. The van der Waals surface area contributed by atoms with Crippen LogP contribution in [0.15, 0.2) is 24.3 Å². The quantitative estimate of drug-likeness (QED) is 0.751. The van der Waals surface area contributed by atoms with E-state index in [-0.39, 0.29) is 11.9 Å². The monoisotopic (exact) mass is 216 g/mol. The van der Waals surface area contributed by atoms with Crippen molar-refractivity contribution in [2.45, 2.75) is 25.4 Å². The molecule has 0 radical (unpaired) electrons. The van der Waals surface area contributed by atoms with Crippen LogP contribution in [0.2, 0.25) is 0 Å². The summed E-state index contributed by atoms with van der Waals surface area (Å²) in [5, 5.41) is 9.55. The molecule has 3 heteroatoms.